The second-order valence-electron chi connectivity index (χ2n) is 4.72. The standard InChI is InChI=1S/C10H21NO2/c1-8(12)6-11(5)7-9(13)10(2,3)4/h8,12H,6-7H2,1-5H3. The molecule has 0 rings (SSSR count). The summed E-state index contributed by atoms with van der Waals surface area (Å²) < 4.78 is 0. The van der Waals surface area contributed by atoms with E-state index in [9.17, 15) is 4.79 Å². The summed E-state index contributed by atoms with van der Waals surface area (Å²) in [5.74, 6) is 0.204. The van der Waals surface area contributed by atoms with E-state index >= 15 is 0 Å². The second-order valence-corrected chi connectivity index (χ2v) is 4.72. The summed E-state index contributed by atoms with van der Waals surface area (Å²) in [5, 5.41) is 9.09. The van der Waals surface area contributed by atoms with Crippen LogP contribution in [0.5, 0.6) is 0 Å². The van der Waals surface area contributed by atoms with Crippen LogP contribution in [0.1, 0.15) is 27.7 Å². The van der Waals surface area contributed by atoms with Crippen molar-refractivity contribution in [3.8, 4) is 0 Å². The van der Waals surface area contributed by atoms with Crippen LogP contribution in [-0.4, -0.2) is 42.0 Å². The molecule has 0 bridgehead atoms. The topological polar surface area (TPSA) is 40.5 Å². The van der Waals surface area contributed by atoms with Gasteiger partial charge in [-0.2, -0.15) is 0 Å². The molecule has 0 amide bonds. The third-order valence-electron chi connectivity index (χ3n) is 1.83. The van der Waals surface area contributed by atoms with Crippen molar-refractivity contribution in [2.45, 2.75) is 33.8 Å². The normalized spacial score (nSPS) is 14.7. The maximum Gasteiger partial charge on any atom is 0.152 e. The van der Waals surface area contributed by atoms with Gasteiger partial charge in [0.1, 0.15) is 0 Å². The summed E-state index contributed by atoms with van der Waals surface area (Å²) in [6.45, 7) is 8.40. The summed E-state index contributed by atoms with van der Waals surface area (Å²) >= 11 is 0. The number of carbonyl (C=O) groups is 1. The van der Waals surface area contributed by atoms with Crippen LogP contribution in [0.3, 0.4) is 0 Å². The molecular formula is C10H21NO2. The van der Waals surface area contributed by atoms with Gasteiger partial charge in [-0.05, 0) is 14.0 Å². The molecule has 3 heteroatoms. The summed E-state index contributed by atoms with van der Waals surface area (Å²) in [6, 6.07) is 0. The molecule has 13 heavy (non-hydrogen) atoms. The summed E-state index contributed by atoms with van der Waals surface area (Å²) in [6.07, 6.45) is -0.377. The fraction of sp³-hybridized carbons (Fsp3) is 0.900. The molecule has 3 nitrogen and oxygen atoms in total. The average Bonchev–Trinajstić information content (AvgIpc) is 1.82. The predicted molar refractivity (Wildman–Crippen MR) is 53.6 cm³/mol. The van der Waals surface area contributed by atoms with Crippen molar-refractivity contribution >= 4 is 5.78 Å². The lowest BCUT2D eigenvalue weighted by molar-refractivity contribution is -0.127. The molecule has 0 aliphatic carbocycles. The molecule has 0 heterocycles. The highest BCUT2D eigenvalue weighted by atomic mass is 16.3. The van der Waals surface area contributed by atoms with E-state index < -0.39 is 0 Å². The van der Waals surface area contributed by atoms with Crippen LogP contribution in [0.15, 0.2) is 0 Å². The molecule has 0 fully saturated rings. The minimum absolute atomic E-state index is 0.204. The van der Waals surface area contributed by atoms with Gasteiger partial charge in [0.05, 0.1) is 12.6 Å². The Balaban J connectivity index is 3.93. The van der Waals surface area contributed by atoms with E-state index in [-0.39, 0.29) is 17.3 Å². The number of aliphatic hydroxyl groups excluding tert-OH is 1. The van der Waals surface area contributed by atoms with Crippen molar-refractivity contribution in [1.29, 1.82) is 0 Å². The minimum atomic E-state index is -0.377. The first-order chi connectivity index (χ1) is 5.73. The third-order valence-corrected chi connectivity index (χ3v) is 1.83. The average molecular weight is 187 g/mol. The Labute approximate surface area is 80.7 Å². The van der Waals surface area contributed by atoms with Gasteiger partial charge in [-0.3, -0.25) is 9.69 Å². The van der Waals surface area contributed by atoms with Gasteiger partial charge in [-0.15, -0.1) is 0 Å². The van der Waals surface area contributed by atoms with Gasteiger partial charge in [0.2, 0.25) is 0 Å². The van der Waals surface area contributed by atoms with E-state index in [0.717, 1.165) is 0 Å². The third kappa shape index (κ3) is 5.77. The van der Waals surface area contributed by atoms with Gasteiger partial charge in [-0.1, -0.05) is 20.8 Å². The maximum atomic E-state index is 11.5. The van der Waals surface area contributed by atoms with Crippen molar-refractivity contribution in [3.63, 3.8) is 0 Å². The number of nitrogens with zero attached hydrogens (tertiary/aromatic N) is 1. The van der Waals surface area contributed by atoms with Crippen LogP contribution < -0.4 is 0 Å². The molecule has 0 aliphatic heterocycles. The molecule has 0 aromatic heterocycles. The first kappa shape index (κ1) is 12.6. The van der Waals surface area contributed by atoms with E-state index in [0.29, 0.717) is 13.1 Å². The number of hydrogen-bond acceptors (Lipinski definition) is 3. The Hall–Kier alpha value is -0.410. The SMILES string of the molecule is CC(O)CN(C)CC(=O)C(C)(C)C. The lowest BCUT2D eigenvalue weighted by atomic mass is 9.90. The zero-order valence-electron chi connectivity index (χ0n) is 9.29. The highest BCUT2D eigenvalue weighted by Crippen LogP contribution is 2.14. The summed E-state index contributed by atoms with van der Waals surface area (Å²) in [4.78, 5) is 13.4. The highest BCUT2D eigenvalue weighted by molar-refractivity contribution is 5.85. The minimum Gasteiger partial charge on any atom is -0.392 e. The zero-order chi connectivity index (χ0) is 10.6. The number of ketones is 1. The summed E-state index contributed by atoms with van der Waals surface area (Å²) in [5.41, 5.74) is -0.285. The Bertz CT molecular complexity index is 170. The molecule has 0 aliphatic rings. The van der Waals surface area contributed by atoms with Gasteiger partial charge < -0.3 is 5.11 Å². The molecule has 0 aromatic rings. The molecule has 0 aromatic carbocycles. The zero-order valence-corrected chi connectivity index (χ0v) is 9.29. The van der Waals surface area contributed by atoms with Gasteiger partial charge in [-0.25, -0.2) is 0 Å². The molecule has 1 atom stereocenters. The van der Waals surface area contributed by atoms with Crippen molar-refractivity contribution < 1.29 is 9.90 Å². The number of carbonyl (C=O) groups excluding carboxylic acids is 1. The number of Topliss-reactive ketones (excluding diaryl/α,β-unsaturated/α-hetero) is 1. The number of aliphatic hydroxyl groups is 1. The van der Waals surface area contributed by atoms with Gasteiger partial charge in [0.25, 0.3) is 0 Å². The fourth-order valence-electron chi connectivity index (χ4n) is 0.998. The second kappa shape index (κ2) is 4.72. The Morgan fingerprint density at radius 1 is 1.46 bits per heavy atom. The largest absolute Gasteiger partial charge is 0.392 e. The number of rotatable bonds is 4. The van der Waals surface area contributed by atoms with E-state index in [2.05, 4.69) is 0 Å². The Morgan fingerprint density at radius 3 is 2.23 bits per heavy atom. The molecule has 0 spiro atoms. The van der Waals surface area contributed by atoms with Gasteiger partial charge >= 0.3 is 0 Å². The summed E-state index contributed by atoms with van der Waals surface area (Å²) in [7, 11) is 1.84. The van der Waals surface area contributed by atoms with Crippen LogP contribution in [0.2, 0.25) is 0 Å². The molecule has 78 valence electrons. The van der Waals surface area contributed by atoms with Gasteiger partial charge in [0, 0.05) is 12.0 Å². The van der Waals surface area contributed by atoms with Crippen LogP contribution in [0, 0.1) is 5.41 Å². The number of hydrogen-bond donors (Lipinski definition) is 1. The van der Waals surface area contributed by atoms with Crippen LogP contribution in [0.4, 0.5) is 0 Å². The predicted octanol–water partition coefficient (Wildman–Crippen LogP) is 0.914. The van der Waals surface area contributed by atoms with Crippen LogP contribution >= 0.6 is 0 Å². The molecule has 0 saturated carbocycles. The molecule has 1 N–H and O–H groups in total. The van der Waals surface area contributed by atoms with Crippen molar-refractivity contribution in [1.82, 2.24) is 4.90 Å². The van der Waals surface area contributed by atoms with Crippen molar-refractivity contribution in [2.24, 2.45) is 5.41 Å². The van der Waals surface area contributed by atoms with E-state index in [4.69, 9.17) is 5.11 Å². The Kier molecular flexibility index (Phi) is 4.57. The van der Waals surface area contributed by atoms with E-state index in [1.807, 2.05) is 32.7 Å². The molecule has 0 radical (unpaired) electrons. The first-order valence-electron chi connectivity index (χ1n) is 4.63. The lowest BCUT2D eigenvalue weighted by Gasteiger charge is -2.23. The molecular weight excluding hydrogens is 166 g/mol. The molecule has 0 saturated heterocycles. The molecule has 1 unspecified atom stereocenters. The lowest BCUT2D eigenvalue weighted by Crippen LogP contribution is -2.36. The van der Waals surface area contributed by atoms with Crippen LogP contribution in [0.25, 0.3) is 0 Å². The monoisotopic (exact) mass is 187 g/mol. The number of likely N-dealkylation sites (N-methyl/N-ethyl adjacent to an activating group) is 1. The fourth-order valence-corrected chi connectivity index (χ4v) is 0.998. The van der Waals surface area contributed by atoms with E-state index in [1.165, 1.54) is 0 Å². The first-order valence-corrected chi connectivity index (χ1v) is 4.63. The highest BCUT2D eigenvalue weighted by Gasteiger charge is 2.22. The Morgan fingerprint density at radius 2 is 1.92 bits per heavy atom. The van der Waals surface area contributed by atoms with Gasteiger partial charge in [0.15, 0.2) is 5.78 Å². The smallest absolute Gasteiger partial charge is 0.152 e. The van der Waals surface area contributed by atoms with E-state index in [1.54, 1.807) is 6.92 Å². The maximum absolute atomic E-state index is 11.5. The van der Waals surface area contributed by atoms with Crippen molar-refractivity contribution in [2.75, 3.05) is 20.1 Å². The van der Waals surface area contributed by atoms with Crippen molar-refractivity contribution in [3.05, 3.63) is 0 Å². The quantitative estimate of drug-likeness (QED) is 0.711. The van der Waals surface area contributed by atoms with Crippen LogP contribution in [-0.2, 0) is 4.79 Å².